The Kier molecular flexibility index (Phi) is 9.18. The first-order chi connectivity index (χ1) is 17.6. The fraction of sp³-hybridized carbons (Fsp3) is 0.385. The van der Waals surface area contributed by atoms with E-state index >= 15 is 0 Å². The third-order valence-electron chi connectivity index (χ3n) is 5.86. The summed E-state index contributed by atoms with van der Waals surface area (Å²) in [4.78, 5) is 26.7. The molecule has 0 saturated heterocycles. The van der Waals surface area contributed by atoms with Gasteiger partial charge in [-0.05, 0) is 43.4 Å². The number of allylic oxidation sites excluding steroid dienone is 1. The fourth-order valence-electron chi connectivity index (χ4n) is 4.13. The van der Waals surface area contributed by atoms with Crippen LogP contribution in [-0.2, 0) is 35.5 Å². The number of nitrogens with zero attached hydrogens (tertiary/aromatic N) is 3. The van der Waals surface area contributed by atoms with Crippen LogP contribution in [0.4, 0.5) is 5.00 Å². The maximum absolute atomic E-state index is 12.9. The van der Waals surface area contributed by atoms with Crippen molar-refractivity contribution in [3.05, 3.63) is 64.8 Å². The summed E-state index contributed by atoms with van der Waals surface area (Å²) < 4.78 is 12.7. The van der Waals surface area contributed by atoms with Gasteiger partial charge in [-0.15, -0.1) is 28.1 Å². The van der Waals surface area contributed by atoms with Gasteiger partial charge in [0.25, 0.3) is 0 Å². The van der Waals surface area contributed by atoms with E-state index in [1.807, 2.05) is 34.9 Å². The quantitative estimate of drug-likeness (QED) is 0.218. The lowest BCUT2D eigenvalue weighted by atomic mass is 9.96. The van der Waals surface area contributed by atoms with Crippen LogP contribution < -0.4 is 10.1 Å². The molecular formula is C26H30N4O4S2. The number of rotatable bonds is 10. The topological polar surface area (TPSA) is 95.3 Å². The Balaban J connectivity index is 1.44. The van der Waals surface area contributed by atoms with E-state index in [-0.39, 0.29) is 18.3 Å². The Labute approximate surface area is 219 Å². The van der Waals surface area contributed by atoms with Crippen LogP contribution in [0.25, 0.3) is 0 Å². The second kappa shape index (κ2) is 12.7. The third kappa shape index (κ3) is 6.36. The lowest BCUT2D eigenvalue weighted by Crippen LogP contribution is -2.17. The second-order valence-corrected chi connectivity index (χ2v) is 10.4. The molecule has 0 radical (unpaired) electrons. The molecule has 1 aliphatic rings. The minimum absolute atomic E-state index is 0.123. The number of nitrogens with one attached hydrogen (secondary N) is 1. The SMILES string of the molecule is C=CCn1c(COc2ccccc2)nnc1SCC(=O)Nc1sc2c(c1C(=O)OC)CCCCCC2. The number of aromatic nitrogens is 3. The minimum atomic E-state index is -0.398. The van der Waals surface area contributed by atoms with E-state index in [4.69, 9.17) is 9.47 Å². The van der Waals surface area contributed by atoms with Gasteiger partial charge in [0.1, 0.15) is 17.4 Å². The number of para-hydroxylation sites is 1. The molecule has 8 nitrogen and oxygen atoms in total. The average Bonchev–Trinajstić information content (AvgIpc) is 3.41. The van der Waals surface area contributed by atoms with Gasteiger partial charge in [0.15, 0.2) is 11.0 Å². The van der Waals surface area contributed by atoms with Crippen molar-refractivity contribution in [3.8, 4) is 5.75 Å². The largest absolute Gasteiger partial charge is 0.486 e. The lowest BCUT2D eigenvalue weighted by Gasteiger charge is -2.11. The fourth-order valence-corrected chi connectivity index (χ4v) is 6.19. The van der Waals surface area contributed by atoms with Crippen LogP contribution in [0.3, 0.4) is 0 Å². The van der Waals surface area contributed by atoms with E-state index in [1.165, 1.54) is 41.5 Å². The number of thiophene rings is 1. The van der Waals surface area contributed by atoms with Crippen LogP contribution in [0.1, 0.15) is 52.3 Å². The van der Waals surface area contributed by atoms with Crippen molar-refractivity contribution in [2.45, 2.75) is 56.8 Å². The van der Waals surface area contributed by atoms with Crippen LogP contribution in [-0.4, -0.2) is 39.5 Å². The van der Waals surface area contributed by atoms with E-state index in [2.05, 4.69) is 22.1 Å². The number of anilines is 1. The van der Waals surface area contributed by atoms with E-state index in [9.17, 15) is 9.59 Å². The smallest absolute Gasteiger partial charge is 0.341 e. The molecule has 10 heteroatoms. The summed E-state index contributed by atoms with van der Waals surface area (Å²) >= 11 is 2.77. The van der Waals surface area contributed by atoms with Gasteiger partial charge in [0, 0.05) is 11.4 Å². The standard InChI is InChI=1S/C26H30N4O4S2/c1-3-15-30-21(16-34-18-11-7-6-8-12-18)28-29-26(30)35-17-22(31)27-24-23(25(32)33-2)19-13-9-4-5-10-14-20(19)36-24/h3,6-8,11-12H,1,4-5,9-10,13-17H2,2H3,(H,27,31). The molecule has 2 aromatic heterocycles. The van der Waals surface area contributed by atoms with Crippen molar-refractivity contribution in [3.63, 3.8) is 0 Å². The molecule has 2 heterocycles. The molecule has 1 aromatic carbocycles. The highest BCUT2D eigenvalue weighted by atomic mass is 32.2. The van der Waals surface area contributed by atoms with Gasteiger partial charge in [0.2, 0.25) is 5.91 Å². The van der Waals surface area contributed by atoms with Gasteiger partial charge in [-0.3, -0.25) is 9.36 Å². The summed E-state index contributed by atoms with van der Waals surface area (Å²) in [6, 6.07) is 9.49. The third-order valence-corrected chi connectivity index (χ3v) is 8.04. The number of benzene rings is 1. The number of thioether (sulfide) groups is 1. The number of ether oxygens (including phenoxy) is 2. The van der Waals surface area contributed by atoms with Crippen LogP contribution in [0.15, 0.2) is 48.1 Å². The van der Waals surface area contributed by atoms with Gasteiger partial charge in [0.05, 0.1) is 18.4 Å². The number of aryl methyl sites for hydroxylation is 1. The maximum atomic E-state index is 12.9. The highest BCUT2D eigenvalue weighted by Gasteiger charge is 2.26. The monoisotopic (exact) mass is 526 g/mol. The van der Waals surface area contributed by atoms with Gasteiger partial charge >= 0.3 is 5.97 Å². The number of carbonyl (C=O) groups is 2. The van der Waals surface area contributed by atoms with Crippen LogP contribution >= 0.6 is 23.1 Å². The molecule has 0 bridgehead atoms. The van der Waals surface area contributed by atoms with Crippen molar-refractivity contribution >= 4 is 40.0 Å². The highest BCUT2D eigenvalue weighted by molar-refractivity contribution is 7.99. The van der Waals surface area contributed by atoms with Crippen LogP contribution in [0.2, 0.25) is 0 Å². The molecule has 1 N–H and O–H groups in total. The molecular weight excluding hydrogens is 496 g/mol. The van der Waals surface area contributed by atoms with E-state index in [0.29, 0.717) is 28.1 Å². The number of hydrogen-bond donors (Lipinski definition) is 1. The van der Waals surface area contributed by atoms with Crippen molar-refractivity contribution in [1.82, 2.24) is 14.8 Å². The molecule has 0 unspecified atom stereocenters. The molecule has 1 aliphatic carbocycles. The Morgan fingerprint density at radius 3 is 2.69 bits per heavy atom. The van der Waals surface area contributed by atoms with Crippen LogP contribution in [0.5, 0.6) is 5.75 Å². The zero-order valence-corrected chi connectivity index (χ0v) is 22.0. The Morgan fingerprint density at radius 1 is 1.17 bits per heavy atom. The van der Waals surface area contributed by atoms with Gasteiger partial charge < -0.3 is 14.8 Å². The summed E-state index contributed by atoms with van der Waals surface area (Å²) in [6.45, 7) is 4.56. The van der Waals surface area contributed by atoms with Crippen molar-refractivity contribution in [2.24, 2.45) is 0 Å². The summed E-state index contributed by atoms with van der Waals surface area (Å²) in [5, 5.41) is 12.6. The van der Waals surface area contributed by atoms with Gasteiger partial charge in [-0.25, -0.2) is 4.79 Å². The minimum Gasteiger partial charge on any atom is -0.486 e. The Hall–Kier alpha value is -3.11. The molecule has 3 aromatic rings. The first-order valence-electron chi connectivity index (χ1n) is 12.0. The molecule has 0 atom stereocenters. The predicted molar refractivity (Wildman–Crippen MR) is 142 cm³/mol. The van der Waals surface area contributed by atoms with Crippen molar-refractivity contribution in [2.75, 3.05) is 18.2 Å². The number of amides is 1. The summed E-state index contributed by atoms with van der Waals surface area (Å²) in [5.41, 5.74) is 1.54. The van der Waals surface area contributed by atoms with E-state index < -0.39 is 5.97 Å². The summed E-state index contributed by atoms with van der Waals surface area (Å²) in [6.07, 6.45) is 7.97. The van der Waals surface area contributed by atoms with Crippen LogP contribution in [0, 0.1) is 0 Å². The average molecular weight is 527 g/mol. The molecule has 0 spiro atoms. The number of hydrogen-bond acceptors (Lipinski definition) is 8. The lowest BCUT2D eigenvalue weighted by molar-refractivity contribution is -0.113. The second-order valence-electron chi connectivity index (χ2n) is 8.35. The molecule has 190 valence electrons. The normalized spacial score (nSPS) is 13.2. The summed E-state index contributed by atoms with van der Waals surface area (Å²) in [7, 11) is 1.38. The number of carbonyl (C=O) groups excluding carboxylic acids is 2. The van der Waals surface area contributed by atoms with E-state index in [0.717, 1.165) is 43.4 Å². The predicted octanol–water partition coefficient (Wildman–Crippen LogP) is 5.28. The first-order valence-corrected chi connectivity index (χ1v) is 13.8. The highest BCUT2D eigenvalue weighted by Crippen LogP contribution is 2.37. The van der Waals surface area contributed by atoms with Gasteiger partial charge in [-0.2, -0.15) is 0 Å². The first kappa shape index (κ1) is 26.0. The zero-order valence-electron chi connectivity index (χ0n) is 20.3. The number of esters is 1. The zero-order chi connectivity index (χ0) is 25.3. The molecule has 0 aliphatic heterocycles. The number of methoxy groups -OCH3 is 1. The Bertz CT molecular complexity index is 1210. The van der Waals surface area contributed by atoms with Gasteiger partial charge in [-0.1, -0.05) is 48.9 Å². The molecule has 1 amide bonds. The molecule has 0 saturated carbocycles. The van der Waals surface area contributed by atoms with Crippen molar-refractivity contribution in [1.29, 1.82) is 0 Å². The maximum Gasteiger partial charge on any atom is 0.341 e. The molecule has 0 fully saturated rings. The van der Waals surface area contributed by atoms with Crippen molar-refractivity contribution < 1.29 is 19.1 Å². The number of fused-ring (bicyclic) bond motifs is 1. The summed E-state index contributed by atoms with van der Waals surface area (Å²) in [5.74, 6) is 0.899. The molecule has 36 heavy (non-hydrogen) atoms. The Morgan fingerprint density at radius 2 is 1.94 bits per heavy atom. The molecule has 4 rings (SSSR count). The van der Waals surface area contributed by atoms with E-state index in [1.54, 1.807) is 6.08 Å².